The van der Waals surface area contributed by atoms with Gasteiger partial charge in [0, 0.05) is 24.1 Å². The highest BCUT2D eigenvalue weighted by Gasteiger charge is 2.08. The zero-order valence-corrected chi connectivity index (χ0v) is 14.2. The van der Waals surface area contributed by atoms with Gasteiger partial charge in [-0.15, -0.1) is 0 Å². The van der Waals surface area contributed by atoms with Gasteiger partial charge in [0.15, 0.2) is 0 Å². The average molecular weight is 344 g/mol. The second-order valence-electron chi connectivity index (χ2n) is 5.27. The molecule has 0 unspecified atom stereocenters. The number of carbonyl (C=O) groups is 1. The Morgan fingerprint density at radius 1 is 1.04 bits per heavy atom. The van der Waals surface area contributed by atoms with Crippen molar-refractivity contribution < 1.29 is 13.2 Å². The normalized spacial score (nSPS) is 11.5. The Morgan fingerprint density at radius 3 is 2.42 bits per heavy atom. The Balaban J connectivity index is 1.81. The molecule has 2 aromatic carbocycles. The largest absolute Gasteiger partial charge is 0.326 e. The average Bonchev–Trinajstić information content (AvgIpc) is 2.56. The van der Waals surface area contributed by atoms with E-state index in [2.05, 4.69) is 10.0 Å². The second kappa shape index (κ2) is 8.42. The molecule has 0 aliphatic carbocycles. The summed E-state index contributed by atoms with van der Waals surface area (Å²) >= 11 is 0. The number of aryl methyl sites for hydroxylation is 1. The maximum Gasteiger partial charge on any atom is 0.233 e. The molecule has 2 aromatic rings. The molecule has 0 spiro atoms. The molecule has 0 aliphatic rings. The van der Waals surface area contributed by atoms with Gasteiger partial charge in [-0.1, -0.05) is 48.5 Å². The van der Waals surface area contributed by atoms with E-state index in [0.29, 0.717) is 0 Å². The lowest BCUT2D eigenvalue weighted by Crippen LogP contribution is -2.26. The van der Waals surface area contributed by atoms with Gasteiger partial charge in [-0.25, -0.2) is 13.1 Å². The van der Waals surface area contributed by atoms with Crippen LogP contribution in [0.4, 0.5) is 5.69 Å². The molecule has 0 fully saturated rings. The van der Waals surface area contributed by atoms with Gasteiger partial charge in [-0.05, 0) is 30.2 Å². The van der Waals surface area contributed by atoms with Crippen LogP contribution in [-0.4, -0.2) is 20.9 Å². The summed E-state index contributed by atoms with van der Waals surface area (Å²) in [5, 5.41) is 3.86. The number of carbonyl (C=O) groups excluding carboxylic acids is 1. The van der Waals surface area contributed by atoms with E-state index < -0.39 is 10.0 Å². The molecule has 0 radical (unpaired) electrons. The highest BCUT2D eigenvalue weighted by Crippen LogP contribution is 2.13. The van der Waals surface area contributed by atoms with Gasteiger partial charge in [-0.3, -0.25) is 4.79 Å². The molecule has 2 rings (SSSR count). The Kier molecular flexibility index (Phi) is 6.28. The SMILES string of the molecule is Cc1ccccc1NC(=O)CCNS(=O)(=O)C=Cc1ccccc1. The van der Waals surface area contributed by atoms with Crippen LogP contribution in [0.3, 0.4) is 0 Å². The Labute approximate surface area is 142 Å². The Hall–Kier alpha value is -2.44. The van der Waals surface area contributed by atoms with E-state index in [9.17, 15) is 13.2 Å². The first-order valence-corrected chi connectivity index (χ1v) is 9.09. The van der Waals surface area contributed by atoms with Crippen LogP contribution in [0.1, 0.15) is 17.5 Å². The van der Waals surface area contributed by atoms with E-state index in [0.717, 1.165) is 22.2 Å². The highest BCUT2D eigenvalue weighted by atomic mass is 32.2. The summed E-state index contributed by atoms with van der Waals surface area (Å²) in [6, 6.07) is 16.6. The first kappa shape index (κ1) is 17.9. The fraction of sp³-hybridized carbons (Fsp3) is 0.167. The minimum atomic E-state index is -3.57. The van der Waals surface area contributed by atoms with Gasteiger partial charge in [-0.2, -0.15) is 0 Å². The highest BCUT2D eigenvalue weighted by molar-refractivity contribution is 7.92. The second-order valence-corrected chi connectivity index (χ2v) is 6.92. The smallest absolute Gasteiger partial charge is 0.233 e. The standard InChI is InChI=1S/C18H20N2O3S/c1-15-7-5-6-10-17(15)20-18(21)11-13-19-24(22,23)14-12-16-8-3-2-4-9-16/h2-10,12,14,19H,11,13H2,1H3,(H,20,21). The number of nitrogens with one attached hydrogen (secondary N) is 2. The number of benzene rings is 2. The van der Waals surface area contributed by atoms with Crippen molar-refractivity contribution in [2.24, 2.45) is 0 Å². The molecule has 0 aliphatic heterocycles. The van der Waals surface area contributed by atoms with Gasteiger partial charge >= 0.3 is 0 Å². The van der Waals surface area contributed by atoms with Crippen molar-refractivity contribution in [1.29, 1.82) is 0 Å². The number of sulfonamides is 1. The van der Waals surface area contributed by atoms with Crippen molar-refractivity contribution in [3.8, 4) is 0 Å². The van der Waals surface area contributed by atoms with Crippen molar-refractivity contribution in [3.05, 3.63) is 71.1 Å². The Morgan fingerprint density at radius 2 is 1.71 bits per heavy atom. The van der Waals surface area contributed by atoms with Crippen LogP contribution >= 0.6 is 0 Å². The van der Waals surface area contributed by atoms with Gasteiger partial charge < -0.3 is 5.32 Å². The topological polar surface area (TPSA) is 75.3 Å². The van der Waals surface area contributed by atoms with Crippen LogP contribution in [-0.2, 0) is 14.8 Å². The minimum absolute atomic E-state index is 0.0409. The van der Waals surface area contributed by atoms with Crippen molar-refractivity contribution in [3.63, 3.8) is 0 Å². The lowest BCUT2D eigenvalue weighted by atomic mass is 10.2. The van der Waals surface area contributed by atoms with E-state index in [-0.39, 0.29) is 18.9 Å². The summed E-state index contributed by atoms with van der Waals surface area (Å²) < 4.78 is 26.1. The molecule has 0 heterocycles. The molecule has 1 amide bonds. The van der Waals surface area contributed by atoms with Gasteiger partial charge in [0.1, 0.15) is 0 Å². The van der Waals surface area contributed by atoms with Crippen LogP contribution in [0.5, 0.6) is 0 Å². The molecular weight excluding hydrogens is 324 g/mol. The third-order valence-electron chi connectivity index (χ3n) is 3.31. The van der Waals surface area contributed by atoms with Gasteiger partial charge in [0.05, 0.1) is 0 Å². The lowest BCUT2D eigenvalue weighted by Gasteiger charge is -2.08. The maximum atomic E-state index is 11.9. The predicted octanol–water partition coefficient (Wildman–Crippen LogP) is 2.91. The number of hydrogen-bond donors (Lipinski definition) is 2. The summed E-state index contributed by atoms with van der Waals surface area (Å²) in [6.45, 7) is 1.94. The molecule has 2 N–H and O–H groups in total. The first-order valence-electron chi connectivity index (χ1n) is 7.54. The summed E-state index contributed by atoms with van der Waals surface area (Å²) in [7, 11) is -3.57. The number of anilines is 1. The van der Waals surface area contributed by atoms with Crippen molar-refractivity contribution in [2.75, 3.05) is 11.9 Å². The van der Waals surface area contributed by atoms with Crippen molar-refractivity contribution in [1.82, 2.24) is 4.72 Å². The zero-order valence-electron chi connectivity index (χ0n) is 13.4. The van der Waals surface area contributed by atoms with Crippen LogP contribution < -0.4 is 10.0 Å². The molecule has 0 saturated carbocycles. The van der Waals surface area contributed by atoms with Crippen LogP contribution in [0.2, 0.25) is 0 Å². The van der Waals surface area contributed by atoms with Gasteiger partial charge in [0.25, 0.3) is 0 Å². The van der Waals surface area contributed by atoms with E-state index >= 15 is 0 Å². The van der Waals surface area contributed by atoms with Crippen LogP contribution in [0, 0.1) is 6.92 Å². The predicted molar refractivity (Wildman–Crippen MR) is 96.8 cm³/mol. The van der Waals surface area contributed by atoms with Gasteiger partial charge in [0.2, 0.25) is 15.9 Å². The fourth-order valence-electron chi connectivity index (χ4n) is 2.01. The van der Waals surface area contributed by atoms with Crippen LogP contribution in [0.15, 0.2) is 60.0 Å². The summed E-state index contributed by atoms with van der Waals surface area (Å²) in [4.78, 5) is 11.9. The number of amides is 1. The van der Waals surface area contributed by atoms with Crippen molar-refractivity contribution in [2.45, 2.75) is 13.3 Å². The van der Waals surface area contributed by atoms with E-state index in [1.54, 1.807) is 6.07 Å². The molecule has 0 aromatic heterocycles. The van der Waals surface area contributed by atoms with Crippen molar-refractivity contribution >= 4 is 27.7 Å². The first-order chi connectivity index (χ1) is 11.5. The third kappa shape index (κ3) is 5.98. The number of hydrogen-bond acceptors (Lipinski definition) is 3. The number of rotatable bonds is 7. The molecule has 0 bridgehead atoms. The van der Waals surface area contributed by atoms with E-state index in [1.165, 1.54) is 6.08 Å². The summed E-state index contributed by atoms with van der Waals surface area (Å²) in [5.74, 6) is -0.237. The summed E-state index contributed by atoms with van der Waals surface area (Å²) in [6.07, 6.45) is 1.57. The monoisotopic (exact) mass is 344 g/mol. The molecule has 6 heteroatoms. The zero-order chi connectivity index (χ0) is 17.4. The molecule has 24 heavy (non-hydrogen) atoms. The minimum Gasteiger partial charge on any atom is -0.326 e. The quantitative estimate of drug-likeness (QED) is 0.811. The molecule has 0 saturated heterocycles. The molecule has 0 atom stereocenters. The van der Waals surface area contributed by atoms with E-state index in [4.69, 9.17) is 0 Å². The molecule has 126 valence electrons. The third-order valence-corrected chi connectivity index (χ3v) is 4.41. The lowest BCUT2D eigenvalue weighted by molar-refractivity contribution is -0.116. The molecule has 5 nitrogen and oxygen atoms in total. The fourth-order valence-corrected chi connectivity index (χ4v) is 2.83. The van der Waals surface area contributed by atoms with E-state index in [1.807, 2.05) is 55.5 Å². The number of para-hydroxylation sites is 1. The summed E-state index contributed by atoms with van der Waals surface area (Å²) in [5.41, 5.74) is 2.48. The van der Waals surface area contributed by atoms with Crippen LogP contribution in [0.25, 0.3) is 6.08 Å². The Bertz CT molecular complexity index is 815. The maximum absolute atomic E-state index is 11.9. The molecular formula is C18H20N2O3S.